The van der Waals surface area contributed by atoms with Crippen LogP contribution < -0.4 is 0 Å². The van der Waals surface area contributed by atoms with Crippen molar-refractivity contribution in [1.29, 1.82) is 10.5 Å². The van der Waals surface area contributed by atoms with Crippen molar-refractivity contribution in [2.75, 3.05) is 6.54 Å². The summed E-state index contributed by atoms with van der Waals surface area (Å²) in [6.07, 6.45) is 9.15. The zero-order valence-corrected chi connectivity index (χ0v) is 7.44. The lowest BCUT2D eigenvalue weighted by molar-refractivity contribution is 0.515. The van der Waals surface area contributed by atoms with E-state index in [2.05, 4.69) is 6.07 Å². The van der Waals surface area contributed by atoms with Gasteiger partial charge in [0.25, 0.3) is 0 Å². The Balaban J connectivity index is 2.49. The fourth-order valence-corrected chi connectivity index (χ4v) is 1.48. The maximum atomic E-state index is 8.90. The molecule has 2 heterocycles. The highest BCUT2D eigenvalue weighted by Gasteiger charge is 2.18. The predicted molar refractivity (Wildman–Crippen MR) is 51.3 cm³/mol. The normalized spacial score (nSPS) is 18.4. The van der Waals surface area contributed by atoms with E-state index in [0.29, 0.717) is 11.1 Å². The minimum atomic E-state index is 0.522. The van der Waals surface area contributed by atoms with E-state index < -0.39 is 0 Å². The van der Waals surface area contributed by atoms with Crippen LogP contribution in [0.4, 0.5) is 0 Å². The molecule has 0 fully saturated rings. The van der Waals surface area contributed by atoms with Crippen molar-refractivity contribution in [3.8, 4) is 12.1 Å². The summed E-state index contributed by atoms with van der Waals surface area (Å²) in [5.41, 5.74) is 1.94. The van der Waals surface area contributed by atoms with E-state index in [1.807, 2.05) is 29.2 Å². The topological polar surface area (TPSA) is 50.8 Å². The molecule has 0 unspecified atom stereocenters. The molecule has 0 saturated carbocycles. The van der Waals surface area contributed by atoms with Gasteiger partial charge in [-0.25, -0.2) is 0 Å². The summed E-state index contributed by atoms with van der Waals surface area (Å²) >= 11 is 0. The number of allylic oxidation sites excluding steroid dienone is 5. The monoisotopic (exact) mass is 181 g/mol. The lowest BCUT2D eigenvalue weighted by Gasteiger charge is -2.26. The molecule has 66 valence electrons. The summed E-state index contributed by atoms with van der Waals surface area (Å²) in [5.74, 6) is 0. The van der Waals surface area contributed by atoms with Crippen LogP contribution in [0.25, 0.3) is 0 Å². The van der Waals surface area contributed by atoms with Crippen LogP contribution in [0.5, 0.6) is 0 Å². The molecule has 0 aromatic heterocycles. The quantitative estimate of drug-likeness (QED) is 0.570. The molecule has 0 spiro atoms. The summed E-state index contributed by atoms with van der Waals surface area (Å²) < 4.78 is 0. The van der Waals surface area contributed by atoms with Gasteiger partial charge < -0.3 is 4.90 Å². The van der Waals surface area contributed by atoms with Crippen molar-refractivity contribution in [2.24, 2.45) is 0 Å². The zero-order valence-electron chi connectivity index (χ0n) is 7.44. The fourth-order valence-electron chi connectivity index (χ4n) is 1.48. The Labute approximate surface area is 82.2 Å². The van der Waals surface area contributed by atoms with Crippen molar-refractivity contribution >= 4 is 0 Å². The van der Waals surface area contributed by atoms with Gasteiger partial charge in [-0.15, -0.1) is 0 Å². The lowest BCUT2D eigenvalue weighted by atomic mass is 10.0. The lowest BCUT2D eigenvalue weighted by Crippen LogP contribution is -2.22. The molecule has 0 aromatic rings. The second-order valence-corrected chi connectivity index (χ2v) is 3.00. The van der Waals surface area contributed by atoms with Gasteiger partial charge in [-0.2, -0.15) is 10.5 Å². The molecule has 0 aromatic carbocycles. The zero-order chi connectivity index (χ0) is 9.97. The van der Waals surface area contributed by atoms with Crippen molar-refractivity contribution in [2.45, 2.75) is 0 Å². The third-order valence-corrected chi connectivity index (χ3v) is 2.12. The first kappa shape index (κ1) is 8.34. The minimum Gasteiger partial charge on any atom is -0.342 e. The van der Waals surface area contributed by atoms with Crippen LogP contribution in [0.3, 0.4) is 0 Å². The molecular formula is C11H7N3. The van der Waals surface area contributed by atoms with E-state index in [-0.39, 0.29) is 0 Å². The van der Waals surface area contributed by atoms with Gasteiger partial charge in [0.2, 0.25) is 0 Å². The first-order chi connectivity index (χ1) is 6.85. The number of hydrogen-bond donors (Lipinski definition) is 0. The summed E-state index contributed by atoms with van der Waals surface area (Å²) in [6, 6.07) is 4.13. The van der Waals surface area contributed by atoms with Crippen LogP contribution in [-0.2, 0) is 0 Å². The van der Waals surface area contributed by atoms with Crippen molar-refractivity contribution in [3.63, 3.8) is 0 Å². The number of fused-ring (bicyclic) bond motifs is 1. The fraction of sp³-hybridized carbons (Fsp3) is 0.0909. The standard InChI is InChI=1S/C11H7N3/c12-6-9-5-10(7-13)11-3-1-2-4-14(11)8-9/h1-3,5,8H,4H2. The predicted octanol–water partition coefficient (Wildman–Crippen LogP) is 1.61. The molecule has 0 atom stereocenters. The van der Waals surface area contributed by atoms with Crippen LogP contribution in [0.15, 0.2) is 47.3 Å². The smallest absolute Gasteiger partial charge is 0.101 e. The van der Waals surface area contributed by atoms with Gasteiger partial charge in [-0.1, -0.05) is 12.2 Å². The van der Waals surface area contributed by atoms with Gasteiger partial charge in [0.1, 0.15) is 12.1 Å². The van der Waals surface area contributed by atoms with Crippen molar-refractivity contribution in [1.82, 2.24) is 4.90 Å². The first-order valence-corrected chi connectivity index (χ1v) is 4.22. The molecule has 0 radical (unpaired) electrons. The molecule has 0 bridgehead atoms. The Kier molecular flexibility index (Phi) is 1.93. The minimum absolute atomic E-state index is 0.522. The number of hydrogen-bond acceptors (Lipinski definition) is 3. The second-order valence-electron chi connectivity index (χ2n) is 3.00. The van der Waals surface area contributed by atoms with Gasteiger partial charge in [-0.05, 0) is 12.2 Å². The van der Waals surface area contributed by atoms with Gasteiger partial charge in [0.15, 0.2) is 0 Å². The van der Waals surface area contributed by atoms with Gasteiger partial charge >= 0.3 is 0 Å². The molecular weight excluding hydrogens is 174 g/mol. The summed E-state index contributed by atoms with van der Waals surface area (Å²) in [7, 11) is 0. The number of nitrogens with zero attached hydrogens (tertiary/aromatic N) is 3. The first-order valence-electron chi connectivity index (χ1n) is 4.22. The Morgan fingerprint density at radius 2 is 2.14 bits per heavy atom. The van der Waals surface area contributed by atoms with E-state index in [9.17, 15) is 0 Å². The third kappa shape index (κ3) is 1.22. The average molecular weight is 181 g/mol. The van der Waals surface area contributed by atoms with Crippen LogP contribution in [0.2, 0.25) is 0 Å². The van der Waals surface area contributed by atoms with Crippen LogP contribution in [-0.4, -0.2) is 11.4 Å². The molecule has 0 amide bonds. The molecule has 0 aliphatic carbocycles. The molecule has 14 heavy (non-hydrogen) atoms. The van der Waals surface area contributed by atoms with E-state index in [4.69, 9.17) is 10.5 Å². The highest BCUT2D eigenvalue weighted by atomic mass is 15.1. The Bertz CT molecular complexity index is 464. The molecule has 0 N–H and O–H groups in total. The average Bonchev–Trinajstić information content (AvgIpc) is 2.27. The maximum Gasteiger partial charge on any atom is 0.101 e. The van der Waals surface area contributed by atoms with Crippen molar-refractivity contribution in [3.05, 3.63) is 47.3 Å². The molecule has 2 rings (SSSR count). The number of rotatable bonds is 0. The summed E-state index contributed by atoms with van der Waals surface area (Å²) in [4.78, 5) is 1.90. The Hall–Kier alpha value is -2.26. The molecule has 2 aliphatic heterocycles. The third-order valence-electron chi connectivity index (χ3n) is 2.12. The van der Waals surface area contributed by atoms with E-state index >= 15 is 0 Å². The van der Waals surface area contributed by atoms with Crippen LogP contribution in [0, 0.1) is 22.7 Å². The Morgan fingerprint density at radius 3 is 2.86 bits per heavy atom. The maximum absolute atomic E-state index is 8.90. The SMILES string of the molecule is N#CC1=CN2CC=CC=C2C(C#N)=C1. The van der Waals surface area contributed by atoms with E-state index in [0.717, 1.165) is 12.2 Å². The summed E-state index contributed by atoms with van der Waals surface area (Å²) in [6.45, 7) is 0.718. The van der Waals surface area contributed by atoms with E-state index in [1.165, 1.54) is 0 Å². The van der Waals surface area contributed by atoms with Gasteiger partial charge in [0.05, 0.1) is 16.8 Å². The highest BCUT2D eigenvalue weighted by molar-refractivity contribution is 5.54. The molecule has 2 aliphatic rings. The van der Waals surface area contributed by atoms with Crippen LogP contribution in [0.1, 0.15) is 0 Å². The number of nitriles is 2. The molecule has 3 heteroatoms. The van der Waals surface area contributed by atoms with Crippen molar-refractivity contribution < 1.29 is 0 Å². The van der Waals surface area contributed by atoms with E-state index in [1.54, 1.807) is 12.3 Å². The van der Waals surface area contributed by atoms with Crippen LogP contribution >= 0.6 is 0 Å². The highest BCUT2D eigenvalue weighted by Crippen LogP contribution is 2.25. The Morgan fingerprint density at radius 1 is 1.29 bits per heavy atom. The second kappa shape index (κ2) is 3.24. The van der Waals surface area contributed by atoms with Gasteiger partial charge in [-0.3, -0.25) is 0 Å². The molecule has 3 nitrogen and oxygen atoms in total. The van der Waals surface area contributed by atoms with Gasteiger partial charge in [0, 0.05) is 12.7 Å². The molecule has 0 saturated heterocycles. The summed E-state index contributed by atoms with van der Waals surface area (Å²) in [5, 5.41) is 17.7. The largest absolute Gasteiger partial charge is 0.342 e.